The quantitative estimate of drug-likeness (QED) is 0.779. The highest BCUT2D eigenvalue weighted by atomic mass is 19.4. The Labute approximate surface area is 144 Å². The largest absolute Gasteiger partial charge is 0.494 e. The summed E-state index contributed by atoms with van der Waals surface area (Å²) >= 11 is 0. The predicted octanol–water partition coefficient (Wildman–Crippen LogP) is 3.44. The number of carbonyl (C=O) groups is 1. The van der Waals surface area contributed by atoms with Crippen LogP contribution in [0, 0.1) is 0 Å². The van der Waals surface area contributed by atoms with Crippen LogP contribution < -0.4 is 10.1 Å². The van der Waals surface area contributed by atoms with Gasteiger partial charge in [-0.2, -0.15) is 26.3 Å². The molecular formula is C15H16F6N2O3. The van der Waals surface area contributed by atoms with E-state index in [-0.39, 0.29) is 31.7 Å². The van der Waals surface area contributed by atoms with Crippen LogP contribution in [0.1, 0.15) is 17.5 Å². The fraction of sp³-hybridized carbons (Fsp3) is 0.533. The Hall–Kier alpha value is -2.17. The minimum Gasteiger partial charge on any atom is -0.494 e. The molecule has 0 saturated carbocycles. The molecule has 146 valence electrons. The van der Waals surface area contributed by atoms with Crippen LogP contribution in [0.3, 0.4) is 0 Å². The second-order valence-corrected chi connectivity index (χ2v) is 5.76. The summed E-state index contributed by atoms with van der Waals surface area (Å²) in [6.45, 7) is 0.701. The number of rotatable bonds is 4. The van der Waals surface area contributed by atoms with Crippen LogP contribution in [0.2, 0.25) is 0 Å². The van der Waals surface area contributed by atoms with Crippen molar-refractivity contribution in [3.05, 3.63) is 29.3 Å². The molecule has 0 spiro atoms. The Bertz CT molecular complexity index is 615. The highest BCUT2D eigenvalue weighted by molar-refractivity contribution is 5.65. The van der Waals surface area contributed by atoms with Gasteiger partial charge in [0.1, 0.15) is 5.75 Å². The third-order valence-corrected chi connectivity index (χ3v) is 3.82. The number of nitrogens with one attached hydrogen (secondary N) is 1. The molecule has 0 radical (unpaired) electrons. The van der Waals surface area contributed by atoms with Gasteiger partial charge in [-0.15, -0.1) is 0 Å². The number of nitrogens with zero attached hydrogens (tertiary/aromatic N) is 1. The summed E-state index contributed by atoms with van der Waals surface area (Å²) in [5.41, 5.74) is -2.90. The maximum Gasteiger partial charge on any atom is 0.416 e. The standard InChI is InChI=1S/C15H16F6N2O3/c16-14(17,18)9-5-10(15(19,20)21)7-12(6-9)26-4-1-11-8-23(13(24)25)3-2-22-11/h5-7,11,22H,1-4,8H2,(H,24,25)/t11-/m1/s1. The molecule has 5 nitrogen and oxygen atoms in total. The van der Waals surface area contributed by atoms with Gasteiger partial charge in [0.2, 0.25) is 0 Å². The van der Waals surface area contributed by atoms with Gasteiger partial charge < -0.3 is 20.1 Å². The van der Waals surface area contributed by atoms with Gasteiger partial charge in [-0.1, -0.05) is 0 Å². The molecular weight excluding hydrogens is 370 g/mol. The van der Waals surface area contributed by atoms with Crippen molar-refractivity contribution in [1.82, 2.24) is 10.2 Å². The molecule has 1 heterocycles. The molecule has 1 aromatic carbocycles. The van der Waals surface area contributed by atoms with E-state index >= 15 is 0 Å². The van der Waals surface area contributed by atoms with E-state index in [1.165, 1.54) is 4.90 Å². The molecule has 2 rings (SSSR count). The molecule has 1 saturated heterocycles. The predicted molar refractivity (Wildman–Crippen MR) is 77.9 cm³/mol. The average Bonchev–Trinajstić information content (AvgIpc) is 2.53. The van der Waals surface area contributed by atoms with Gasteiger partial charge in [0.25, 0.3) is 0 Å². The normalized spacial score (nSPS) is 18.7. The van der Waals surface area contributed by atoms with Crippen molar-refractivity contribution in [2.45, 2.75) is 24.8 Å². The van der Waals surface area contributed by atoms with E-state index in [4.69, 9.17) is 9.84 Å². The SMILES string of the molecule is O=C(O)N1CCN[C@H](CCOc2cc(C(F)(F)F)cc(C(F)(F)F)c2)C1. The van der Waals surface area contributed by atoms with Crippen molar-refractivity contribution in [2.75, 3.05) is 26.2 Å². The monoisotopic (exact) mass is 386 g/mol. The summed E-state index contributed by atoms with van der Waals surface area (Å²) in [6.07, 6.45) is -10.7. The van der Waals surface area contributed by atoms with Gasteiger partial charge in [-0.05, 0) is 24.6 Å². The van der Waals surface area contributed by atoms with Gasteiger partial charge in [0.15, 0.2) is 0 Å². The smallest absolute Gasteiger partial charge is 0.416 e. The Morgan fingerprint density at radius 3 is 2.23 bits per heavy atom. The summed E-state index contributed by atoms with van der Waals surface area (Å²) in [6, 6.07) is 0.744. The average molecular weight is 386 g/mol. The number of hydrogen-bond donors (Lipinski definition) is 2. The Kier molecular flexibility index (Phi) is 5.89. The number of amides is 1. The van der Waals surface area contributed by atoms with E-state index < -0.39 is 35.3 Å². The van der Waals surface area contributed by atoms with Crippen LogP contribution >= 0.6 is 0 Å². The third kappa shape index (κ3) is 5.41. The molecule has 1 atom stereocenters. The number of piperazine rings is 1. The maximum absolute atomic E-state index is 12.8. The number of carboxylic acid groups (broad SMARTS) is 1. The summed E-state index contributed by atoms with van der Waals surface area (Å²) in [4.78, 5) is 12.1. The highest BCUT2D eigenvalue weighted by Gasteiger charge is 2.37. The second-order valence-electron chi connectivity index (χ2n) is 5.76. The summed E-state index contributed by atoms with van der Waals surface area (Å²) in [5, 5.41) is 11.9. The van der Waals surface area contributed by atoms with Crippen molar-refractivity contribution < 1.29 is 41.0 Å². The molecule has 0 bridgehead atoms. The zero-order chi connectivity index (χ0) is 19.5. The van der Waals surface area contributed by atoms with Crippen LogP contribution in [0.4, 0.5) is 31.1 Å². The number of benzene rings is 1. The Balaban J connectivity index is 2.03. The van der Waals surface area contributed by atoms with Gasteiger partial charge in [0, 0.05) is 25.7 Å². The number of halogens is 6. The zero-order valence-electron chi connectivity index (χ0n) is 13.3. The van der Waals surface area contributed by atoms with Crippen molar-refractivity contribution >= 4 is 6.09 Å². The minimum atomic E-state index is -4.94. The van der Waals surface area contributed by atoms with Gasteiger partial charge in [0.05, 0.1) is 17.7 Å². The molecule has 0 aliphatic carbocycles. The lowest BCUT2D eigenvalue weighted by Gasteiger charge is -2.31. The number of alkyl halides is 6. The molecule has 0 unspecified atom stereocenters. The van der Waals surface area contributed by atoms with Crippen molar-refractivity contribution in [3.63, 3.8) is 0 Å². The lowest BCUT2D eigenvalue weighted by Crippen LogP contribution is -2.52. The van der Waals surface area contributed by atoms with Crippen LogP contribution in [-0.4, -0.2) is 48.4 Å². The molecule has 1 fully saturated rings. The van der Waals surface area contributed by atoms with E-state index in [1.54, 1.807) is 0 Å². The topological polar surface area (TPSA) is 61.8 Å². The summed E-state index contributed by atoms with van der Waals surface area (Å²) in [5.74, 6) is -0.543. The lowest BCUT2D eigenvalue weighted by molar-refractivity contribution is -0.143. The fourth-order valence-corrected chi connectivity index (χ4v) is 2.52. The fourth-order valence-electron chi connectivity index (χ4n) is 2.52. The lowest BCUT2D eigenvalue weighted by atomic mass is 10.1. The third-order valence-electron chi connectivity index (χ3n) is 3.82. The van der Waals surface area contributed by atoms with E-state index in [0.29, 0.717) is 25.2 Å². The first-order valence-corrected chi connectivity index (χ1v) is 7.60. The van der Waals surface area contributed by atoms with E-state index in [0.717, 1.165) is 0 Å². The number of ether oxygens (including phenoxy) is 1. The highest BCUT2D eigenvalue weighted by Crippen LogP contribution is 2.38. The van der Waals surface area contributed by atoms with Crippen LogP contribution in [0.25, 0.3) is 0 Å². The van der Waals surface area contributed by atoms with Gasteiger partial charge in [-0.25, -0.2) is 4.79 Å². The van der Waals surface area contributed by atoms with E-state index in [1.807, 2.05) is 0 Å². The molecule has 0 aromatic heterocycles. The van der Waals surface area contributed by atoms with E-state index in [9.17, 15) is 31.1 Å². The molecule has 11 heteroatoms. The molecule has 1 amide bonds. The zero-order valence-corrected chi connectivity index (χ0v) is 13.3. The minimum absolute atomic E-state index is 0.0281. The Morgan fingerprint density at radius 2 is 1.73 bits per heavy atom. The second kappa shape index (κ2) is 7.60. The van der Waals surface area contributed by atoms with Crippen LogP contribution in [0.15, 0.2) is 18.2 Å². The Morgan fingerprint density at radius 1 is 1.15 bits per heavy atom. The summed E-state index contributed by atoms with van der Waals surface area (Å²) in [7, 11) is 0. The molecule has 26 heavy (non-hydrogen) atoms. The first-order valence-electron chi connectivity index (χ1n) is 7.60. The van der Waals surface area contributed by atoms with Crippen molar-refractivity contribution in [1.29, 1.82) is 0 Å². The number of hydrogen-bond acceptors (Lipinski definition) is 3. The van der Waals surface area contributed by atoms with Crippen molar-refractivity contribution in [3.8, 4) is 5.75 Å². The van der Waals surface area contributed by atoms with Crippen LogP contribution in [-0.2, 0) is 12.4 Å². The first kappa shape index (κ1) is 20.1. The van der Waals surface area contributed by atoms with E-state index in [2.05, 4.69) is 5.32 Å². The molecule has 1 aliphatic heterocycles. The molecule has 1 aromatic rings. The molecule has 1 aliphatic rings. The molecule has 2 N–H and O–H groups in total. The van der Waals surface area contributed by atoms with Crippen molar-refractivity contribution in [2.24, 2.45) is 0 Å². The van der Waals surface area contributed by atoms with Gasteiger partial charge in [-0.3, -0.25) is 0 Å². The maximum atomic E-state index is 12.8. The summed E-state index contributed by atoms with van der Waals surface area (Å²) < 4.78 is 81.7. The van der Waals surface area contributed by atoms with Gasteiger partial charge >= 0.3 is 18.4 Å². The first-order chi connectivity index (χ1) is 12.0. The van der Waals surface area contributed by atoms with Crippen LogP contribution in [0.5, 0.6) is 5.75 Å².